The Kier molecular flexibility index (Phi) is 3.04. The van der Waals surface area contributed by atoms with Gasteiger partial charge in [-0.05, 0) is 33.6 Å². The van der Waals surface area contributed by atoms with Crippen LogP contribution in [0.1, 0.15) is 51.2 Å². The fourth-order valence-electron chi connectivity index (χ4n) is 1.31. The maximum atomic E-state index is 11.4. The van der Waals surface area contributed by atoms with Gasteiger partial charge in [0.15, 0.2) is 5.82 Å². The van der Waals surface area contributed by atoms with Gasteiger partial charge in [0, 0.05) is 5.92 Å². The lowest BCUT2D eigenvalue weighted by Gasteiger charge is -2.19. The van der Waals surface area contributed by atoms with E-state index in [2.05, 4.69) is 15.5 Å². The van der Waals surface area contributed by atoms with E-state index < -0.39 is 11.7 Å². The molecule has 1 amide bonds. The molecule has 1 aliphatic carbocycles. The van der Waals surface area contributed by atoms with Crippen LogP contribution in [0.5, 0.6) is 0 Å². The van der Waals surface area contributed by atoms with Crippen LogP contribution in [0.25, 0.3) is 0 Å². The lowest BCUT2D eigenvalue weighted by atomic mass is 10.2. The van der Waals surface area contributed by atoms with Crippen LogP contribution in [0.3, 0.4) is 0 Å². The van der Waals surface area contributed by atoms with Crippen molar-refractivity contribution >= 4 is 6.09 Å². The summed E-state index contributed by atoms with van der Waals surface area (Å²) in [5.41, 5.74) is -0.502. The van der Waals surface area contributed by atoms with Gasteiger partial charge in [-0.2, -0.15) is 4.98 Å². The number of hydrogen-bond donors (Lipinski definition) is 1. The zero-order valence-corrected chi connectivity index (χ0v) is 10.3. The Morgan fingerprint density at radius 3 is 2.82 bits per heavy atom. The highest BCUT2D eigenvalue weighted by molar-refractivity contribution is 5.67. The number of carbonyl (C=O) groups excluding carboxylic acids is 1. The second-order valence-electron chi connectivity index (χ2n) is 5.18. The molecule has 1 N–H and O–H groups in total. The van der Waals surface area contributed by atoms with Crippen molar-refractivity contribution in [3.63, 3.8) is 0 Å². The molecule has 0 spiro atoms. The molecule has 1 saturated carbocycles. The number of amides is 1. The summed E-state index contributed by atoms with van der Waals surface area (Å²) in [5, 5.41) is 6.42. The first-order chi connectivity index (χ1) is 7.94. The van der Waals surface area contributed by atoms with Gasteiger partial charge in [0.2, 0.25) is 5.89 Å². The average Bonchev–Trinajstić information content (AvgIpc) is 2.93. The van der Waals surface area contributed by atoms with Crippen LogP contribution in [0.2, 0.25) is 0 Å². The van der Waals surface area contributed by atoms with E-state index in [1.165, 1.54) is 0 Å². The van der Waals surface area contributed by atoms with Gasteiger partial charge < -0.3 is 14.6 Å². The fraction of sp³-hybridized carbons (Fsp3) is 0.727. The molecule has 17 heavy (non-hydrogen) atoms. The predicted molar refractivity (Wildman–Crippen MR) is 59.3 cm³/mol. The number of carbonyl (C=O) groups is 1. The number of hydrogen-bond acceptors (Lipinski definition) is 5. The van der Waals surface area contributed by atoms with Crippen molar-refractivity contribution in [1.29, 1.82) is 0 Å². The van der Waals surface area contributed by atoms with E-state index in [0.717, 1.165) is 18.7 Å². The highest BCUT2D eigenvalue weighted by Gasteiger charge is 2.28. The van der Waals surface area contributed by atoms with Crippen molar-refractivity contribution in [3.8, 4) is 0 Å². The molecular weight excluding hydrogens is 222 g/mol. The molecule has 0 aliphatic heterocycles. The highest BCUT2D eigenvalue weighted by Crippen LogP contribution is 2.37. The molecule has 6 nitrogen and oxygen atoms in total. The number of rotatable bonds is 3. The van der Waals surface area contributed by atoms with Crippen molar-refractivity contribution in [2.24, 2.45) is 0 Å². The third kappa shape index (κ3) is 3.72. The predicted octanol–water partition coefficient (Wildman–Crippen LogP) is 1.97. The van der Waals surface area contributed by atoms with Gasteiger partial charge in [0.25, 0.3) is 0 Å². The van der Waals surface area contributed by atoms with Crippen molar-refractivity contribution < 1.29 is 14.1 Å². The molecule has 1 aromatic rings. The van der Waals surface area contributed by atoms with Gasteiger partial charge in [0.1, 0.15) is 12.1 Å². The van der Waals surface area contributed by atoms with Gasteiger partial charge in [0.05, 0.1) is 0 Å². The second-order valence-corrected chi connectivity index (χ2v) is 5.18. The van der Waals surface area contributed by atoms with E-state index in [-0.39, 0.29) is 6.54 Å². The van der Waals surface area contributed by atoms with Crippen LogP contribution in [0, 0.1) is 0 Å². The van der Waals surface area contributed by atoms with Gasteiger partial charge in [-0.1, -0.05) is 5.16 Å². The molecular formula is C11H17N3O3. The Balaban J connectivity index is 1.78. The summed E-state index contributed by atoms with van der Waals surface area (Å²) < 4.78 is 10.1. The topological polar surface area (TPSA) is 77.2 Å². The molecule has 0 atom stereocenters. The number of nitrogens with zero attached hydrogens (tertiary/aromatic N) is 2. The van der Waals surface area contributed by atoms with Gasteiger partial charge in [-0.15, -0.1) is 0 Å². The average molecular weight is 239 g/mol. The number of aromatic nitrogens is 2. The zero-order valence-electron chi connectivity index (χ0n) is 10.3. The minimum absolute atomic E-state index is 0.203. The normalized spacial score (nSPS) is 15.7. The molecule has 1 aliphatic rings. The SMILES string of the molecule is CC(C)(C)OC(=O)NCc1nc(C2CC2)no1. The summed E-state index contributed by atoms with van der Waals surface area (Å²) >= 11 is 0. The first kappa shape index (κ1) is 11.9. The summed E-state index contributed by atoms with van der Waals surface area (Å²) in [4.78, 5) is 15.6. The smallest absolute Gasteiger partial charge is 0.408 e. The molecule has 1 aromatic heterocycles. The molecule has 0 saturated heterocycles. The Morgan fingerprint density at radius 2 is 2.24 bits per heavy atom. The first-order valence-electron chi connectivity index (χ1n) is 5.73. The van der Waals surface area contributed by atoms with Crippen LogP contribution in [0.15, 0.2) is 4.52 Å². The monoisotopic (exact) mass is 239 g/mol. The Labute approximate surface area is 99.7 Å². The molecule has 1 heterocycles. The summed E-state index contributed by atoms with van der Waals surface area (Å²) in [6, 6.07) is 0. The lowest BCUT2D eigenvalue weighted by molar-refractivity contribution is 0.0518. The van der Waals surface area contributed by atoms with E-state index in [1.54, 1.807) is 0 Å². The number of alkyl carbamates (subject to hydrolysis) is 1. The second kappa shape index (κ2) is 4.35. The number of ether oxygens (including phenoxy) is 1. The van der Waals surface area contributed by atoms with E-state index in [1.807, 2.05) is 20.8 Å². The quantitative estimate of drug-likeness (QED) is 0.872. The third-order valence-electron chi connectivity index (χ3n) is 2.21. The largest absolute Gasteiger partial charge is 0.444 e. The minimum Gasteiger partial charge on any atom is -0.444 e. The van der Waals surface area contributed by atoms with Crippen molar-refractivity contribution in [3.05, 3.63) is 11.7 Å². The van der Waals surface area contributed by atoms with E-state index >= 15 is 0 Å². The van der Waals surface area contributed by atoms with Crippen molar-refractivity contribution in [2.75, 3.05) is 0 Å². The Bertz CT molecular complexity index is 404. The lowest BCUT2D eigenvalue weighted by Crippen LogP contribution is -2.32. The zero-order chi connectivity index (χ0) is 12.5. The van der Waals surface area contributed by atoms with Crippen LogP contribution in [-0.4, -0.2) is 21.8 Å². The fourth-order valence-corrected chi connectivity index (χ4v) is 1.31. The molecule has 1 fully saturated rings. The van der Waals surface area contributed by atoms with Gasteiger partial charge in [-0.3, -0.25) is 0 Å². The summed E-state index contributed by atoms with van der Waals surface area (Å²) in [7, 11) is 0. The summed E-state index contributed by atoms with van der Waals surface area (Å²) in [5.74, 6) is 1.61. The third-order valence-corrected chi connectivity index (χ3v) is 2.21. The maximum absolute atomic E-state index is 11.4. The van der Waals surface area contributed by atoms with E-state index in [0.29, 0.717) is 11.8 Å². The molecule has 0 radical (unpaired) electrons. The van der Waals surface area contributed by atoms with Crippen LogP contribution >= 0.6 is 0 Å². The maximum Gasteiger partial charge on any atom is 0.408 e. The molecule has 94 valence electrons. The van der Waals surface area contributed by atoms with E-state index in [9.17, 15) is 4.79 Å². The van der Waals surface area contributed by atoms with E-state index in [4.69, 9.17) is 9.26 Å². The standard InChI is InChI=1S/C11H17N3O3/c1-11(2,3)16-10(15)12-6-8-13-9(14-17-8)7-4-5-7/h7H,4-6H2,1-3H3,(H,12,15). The minimum atomic E-state index is -0.502. The molecule has 0 aromatic carbocycles. The van der Waals surface area contributed by atoms with Crippen LogP contribution in [0.4, 0.5) is 4.79 Å². The molecule has 6 heteroatoms. The van der Waals surface area contributed by atoms with Crippen LogP contribution < -0.4 is 5.32 Å². The molecule has 0 unspecified atom stereocenters. The summed E-state index contributed by atoms with van der Waals surface area (Å²) in [6.07, 6.45) is 1.76. The first-order valence-corrected chi connectivity index (χ1v) is 5.73. The summed E-state index contributed by atoms with van der Waals surface area (Å²) in [6.45, 7) is 5.63. The van der Waals surface area contributed by atoms with Crippen molar-refractivity contribution in [1.82, 2.24) is 15.5 Å². The molecule has 2 rings (SSSR count). The van der Waals surface area contributed by atoms with Crippen LogP contribution in [-0.2, 0) is 11.3 Å². The number of nitrogens with one attached hydrogen (secondary N) is 1. The Hall–Kier alpha value is -1.59. The van der Waals surface area contributed by atoms with Crippen molar-refractivity contribution in [2.45, 2.75) is 51.7 Å². The van der Waals surface area contributed by atoms with Gasteiger partial charge >= 0.3 is 6.09 Å². The highest BCUT2D eigenvalue weighted by atomic mass is 16.6. The molecule has 0 bridgehead atoms. The Morgan fingerprint density at radius 1 is 1.53 bits per heavy atom. The van der Waals surface area contributed by atoms with Gasteiger partial charge in [-0.25, -0.2) is 4.79 Å².